The number of likely N-dealkylation sites (N-methyl/N-ethyl adjacent to an activating group) is 1. The summed E-state index contributed by atoms with van der Waals surface area (Å²) in [5.74, 6) is 0.933. The van der Waals surface area contributed by atoms with Crippen molar-refractivity contribution in [3.63, 3.8) is 0 Å². The van der Waals surface area contributed by atoms with Crippen LogP contribution in [0, 0.1) is 0 Å². The molecular formula is C25H32N2O6. The highest BCUT2D eigenvalue weighted by Crippen LogP contribution is 2.46. The van der Waals surface area contributed by atoms with Crippen molar-refractivity contribution in [2.45, 2.75) is 38.3 Å². The minimum atomic E-state index is -0.672. The van der Waals surface area contributed by atoms with Crippen molar-refractivity contribution in [2.75, 3.05) is 35.5 Å². The van der Waals surface area contributed by atoms with Gasteiger partial charge in [0.2, 0.25) is 5.91 Å². The Balaban J connectivity index is 2.24. The molecule has 1 aliphatic rings. The van der Waals surface area contributed by atoms with Crippen LogP contribution < -0.4 is 24.3 Å². The Hall–Kier alpha value is -3.42. The molecule has 0 aromatic heterocycles. The van der Waals surface area contributed by atoms with Gasteiger partial charge in [0.15, 0.2) is 23.0 Å². The fourth-order valence-corrected chi connectivity index (χ4v) is 4.22. The largest absolute Gasteiger partial charge is 0.493 e. The molecule has 0 bridgehead atoms. The molecule has 0 saturated heterocycles. The van der Waals surface area contributed by atoms with Gasteiger partial charge in [-0.3, -0.25) is 9.59 Å². The maximum Gasteiger partial charge on any atom is 0.254 e. The van der Waals surface area contributed by atoms with Gasteiger partial charge in [0.05, 0.1) is 40.4 Å². The van der Waals surface area contributed by atoms with E-state index in [0.717, 1.165) is 12.0 Å². The summed E-state index contributed by atoms with van der Waals surface area (Å²) in [5, 5.41) is 3.09. The Morgan fingerprint density at radius 1 is 0.970 bits per heavy atom. The highest BCUT2D eigenvalue weighted by Gasteiger charge is 2.44. The number of ether oxygens (including phenoxy) is 4. The van der Waals surface area contributed by atoms with E-state index in [0.29, 0.717) is 34.1 Å². The fraction of sp³-hybridized carbons (Fsp3) is 0.440. The molecule has 8 heteroatoms. The first-order valence-electron chi connectivity index (χ1n) is 10.9. The summed E-state index contributed by atoms with van der Waals surface area (Å²) in [4.78, 5) is 28.6. The van der Waals surface area contributed by atoms with Crippen molar-refractivity contribution in [3.05, 3.63) is 47.0 Å². The lowest BCUT2D eigenvalue weighted by atomic mass is 9.79. The SMILES string of the molecule is CCC(C)NC(=O)C1c2cc(OC)c(OC)cc2C(=O)N(C)C1c1ccc(OC)c(OC)c1. The van der Waals surface area contributed by atoms with Gasteiger partial charge in [0.25, 0.3) is 5.91 Å². The smallest absolute Gasteiger partial charge is 0.254 e. The Labute approximate surface area is 194 Å². The quantitative estimate of drug-likeness (QED) is 0.654. The van der Waals surface area contributed by atoms with Crippen LogP contribution in [0.5, 0.6) is 23.0 Å². The van der Waals surface area contributed by atoms with Gasteiger partial charge in [-0.05, 0) is 48.7 Å². The molecule has 0 radical (unpaired) electrons. The summed E-state index contributed by atoms with van der Waals surface area (Å²) in [5.41, 5.74) is 1.76. The molecule has 3 unspecified atom stereocenters. The van der Waals surface area contributed by atoms with Gasteiger partial charge < -0.3 is 29.2 Å². The number of hydrogen-bond acceptors (Lipinski definition) is 6. The van der Waals surface area contributed by atoms with Crippen molar-refractivity contribution in [2.24, 2.45) is 0 Å². The van der Waals surface area contributed by atoms with Crippen molar-refractivity contribution < 1.29 is 28.5 Å². The number of carbonyl (C=O) groups excluding carboxylic acids is 2. The number of hydrogen-bond donors (Lipinski definition) is 1. The molecule has 0 aliphatic carbocycles. The normalized spacial score (nSPS) is 18.3. The Bertz CT molecular complexity index is 1040. The van der Waals surface area contributed by atoms with Crippen LogP contribution in [0.1, 0.15) is 53.7 Å². The van der Waals surface area contributed by atoms with Gasteiger partial charge in [0, 0.05) is 18.7 Å². The molecule has 3 atom stereocenters. The van der Waals surface area contributed by atoms with Crippen LogP contribution in [0.3, 0.4) is 0 Å². The lowest BCUT2D eigenvalue weighted by Crippen LogP contribution is -2.47. The van der Waals surface area contributed by atoms with Gasteiger partial charge in [-0.2, -0.15) is 0 Å². The molecule has 2 aromatic carbocycles. The second-order valence-corrected chi connectivity index (χ2v) is 8.07. The van der Waals surface area contributed by atoms with Crippen LogP contribution in [0.15, 0.2) is 30.3 Å². The zero-order valence-electron chi connectivity index (χ0n) is 20.2. The predicted molar refractivity (Wildman–Crippen MR) is 125 cm³/mol. The third-order valence-electron chi connectivity index (χ3n) is 6.21. The molecule has 1 heterocycles. The van der Waals surface area contributed by atoms with Crippen molar-refractivity contribution >= 4 is 11.8 Å². The number of benzene rings is 2. The van der Waals surface area contributed by atoms with Gasteiger partial charge in [0.1, 0.15) is 0 Å². The predicted octanol–water partition coefficient (Wildman–Crippen LogP) is 3.55. The highest BCUT2D eigenvalue weighted by molar-refractivity contribution is 6.02. The van der Waals surface area contributed by atoms with Gasteiger partial charge in [-0.1, -0.05) is 13.0 Å². The summed E-state index contributed by atoms with van der Waals surface area (Å²) in [7, 11) is 7.86. The summed E-state index contributed by atoms with van der Waals surface area (Å²) < 4.78 is 21.7. The summed E-state index contributed by atoms with van der Waals surface area (Å²) in [6, 6.07) is 8.23. The third kappa shape index (κ3) is 4.42. The van der Waals surface area contributed by atoms with E-state index in [9.17, 15) is 9.59 Å². The number of nitrogens with zero attached hydrogens (tertiary/aromatic N) is 1. The molecule has 178 valence electrons. The van der Waals surface area contributed by atoms with Crippen LogP contribution in [-0.4, -0.2) is 58.2 Å². The average molecular weight is 457 g/mol. The topological polar surface area (TPSA) is 86.3 Å². The minimum absolute atomic E-state index is 0.0184. The summed E-state index contributed by atoms with van der Waals surface area (Å²) in [6.45, 7) is 3.96. The highest BCUT2D eigenvalue weighted by atomic mass is 16.5. The van der Waals surface area contributed by atoms with Crippen molar-refractivity contribution in [1.29, 1.82) is 0 Å². The van der Waals surface area contributed by atoms with Gasteiger partial charge in [-0.15, -0.1) is 0 Å². The molecule has 0 saturated carbocycles. The molecule has 1 aliphatic heterocycles. The monoisotopic (exact) mass is 456 g/mol. The molecule has 0 spiro atoms. The van der Waals surface area contributed by atoms with E-state index in [2.05, 4.69) is 5.32 Å². The van der Waals surface area contributed by atoms with E-state index in [-0.39, 0.29) is 17.9 Å². The van der Waals surface area contributed by atoms with Crippen LogP contribution in [0.25, 0.3) is 0 Å². The fourth-order valence-electron chi connectivity index (χ4n) is 4.22. The molecule has 2 amide bonds. The number of amides is 2. The van der Waals surface area contributed by atoms with Gasteiger partial charge >= 0.3 is 0 Å². The lowest BCUT2D eigenvalue weighted by Gasteiger charge is -2.40. The molecule has 3 rings (SSSR count). The van der Waals surface area contributed by atoms with Crippen molar-refractivity contribution in [1.82, 2.24) is 10.2 Å². The number of carbonyl (C=O) groups is 2. The van der Waals surface area contributed by atoms with Crippen LogP contribution in [0.2, 0.25) is 0 Å². The van der Waals surface area contributed by atoms with E-state index < -0.39 is 12.0 Å². The van der Waals surface area contributed by atoms with E-state index in [1.54, 1.807) is 44.4 Å². The number of nitrogens with one attached hydrogen (secondary N) is 1. The van der Waals surface area contributed by atoms with E-state index in [1.807, 2.05) is 26.0 Å². The van der Waals surface area contributed by atoms with E-state index >= 15 is 0 Å². The van der Waals surface area contributed by atoms with E-state index in [4.69, 9.17) is 18.9 Å². The van der Waals surface area contributed by atoms with Crippen LogP contribution in [0.4, 0.5) is 0 Å². The van der Waals surface area contributed by atoms with Crippen LogP contribution in [-0.2, 0) is 4.79 Å². The summed E-state index contributed by atoms with van der Waals surface area (Å²) in [6.07, 6.45) is 0.785. The third-order valence-corrected chi connectivity index (χ3v) is 6.21. The number of rotatable bonds is 8. The number of methoxy groups -OCH3 is 4. The molecule has 0 fully saturated rings. The lowest BCUT2D eigenvalue weighted by molar-refractivity contribution is -0.124. The maximum atomic E-state index is 13.6. The standard InChI is InChI=1S/C25H32N2O6/c1-8-14(2)26-24(28)22-16-12-20(32-6)21(33-7)13-17(16)25(29)27(3)23(22)15-9-10-18(30-4)19(11-15)31-5/h9-14,22-23H,8H2,1-7H3,(H,26,28). The molecule has 33 heavy (non-hydrogen) atoms. The maximum absolute atomic E-state index is 13.6. The first-order valence-corrected chi connectivity index (χ1v) is 10.9. The Morgan fingerprint density at radius 2 is 1.55 bits per heavy atom. The van der Waals surface area contributed by atoms with E-state index in [1.165, 1.54) is 14.2 Å². The zero-order chi connectivity index (χ0) is 24.3. The molecular weight excluding hydrogens is 424 g/mol. The zero-order valence-corrected chi connectivity index (χ0v) is 20.2. The minimum Gasteiger partial charge on any atom is -0.493 e. The second kappa shape index (κ2) is 10.0. The van der Waals surface area contributed by atoms with Crippen molar-refractivity contribution in [3.8, 4) is 23.0 Å². The summed E-state index contributed by atoms with van der Waals surface area (Å²) >= 11 is 0. The Kier molecular flexibility index (Phi) is 7.36. The number of fused-ring (bicyclic) bond motifs is 1. The first kappa shape index (κ1) is 24.2. The Morgan fingerprint density at radius 3 is 2.12 bits per heavy atom. The van der Waals surface area contributed by atoms with Gasteiger partial charge in [-0.25, -0.2) is 0 Å². The average Bonchev–Trinajstić information content (AvgIpc) is 2.84. The molecule has 1 N–H and O–H groups in total. The molecule has 2 aromatic rings. The second-order valence-electron chi connectivity index (χ2n) is 8.07. The first-order chi connectivity index (χ1) is 15.8. The van der Waals surface area contributed by atoms with Crippen LogP contribution >= 0.6 is 0 Å². The molecule has 8 nitrogen and oxygen atoms in total.